The Morgan fingerprint density at radius 3 is 2.03 bits per heavy atom. The third-order valence-electron chi connectivity index (χ3n) is 4.55. The molecule has 0 saturated heterocycles. The first-order valence-electron chi connectivity index (χ1n) is 10.1. The Balaban J connectivity index is 5.13. The van der Waals surface area contributed by atoms with Crippen molar-refractivity contribution in [2.45, 2.75) is 78.3 Å². The third-order valence-corrected chi connectivity index (χ3v) is 4.55. The fourth-order valence-corrected chi connectivity index (χ4v) is 2.73. The molecule has 0 fully saturated rings. The molecular formula is C20H35N3O6. The van der Waals surface area contributed by atoms with Gasteiger partial charge in [0.25, 0.3) is 5.91 Å². The number of carbonyl (C=O) groups excluding carboxylic acids is 4. The van der Waals surface area contributed by atoms with Crippen molar-refractivity contribution in [3.05, 3.63) is 0 Å². The lowest BCUT2D eigenvalue weighted by Gasteiger charge is -2.22. The van der Waals surface area contributed by atoms with E-state index in [0.717, 1.165) is 0 Å². The van der Waals surface area contributed by atoms with Gasteiger partial charge in [0.15, 0.2) is 5.78 Å². The molecule has 9 nitrogen and oxygen atoms in total. The molecule has 9 heteroatoms. The van der Waals surface area contributed by atoms with Crippen molar-refractivity contribution in [2.75, 3.05) is 6.54 Å². The first kappa shape index (κ1) is 26.7. The maximum atomic E-state index is 12.6. The number of nitrogens with two attached hydrogens (primary N) is 1. The summed E-state index contributed by atoms with van der Waals surface area (Å²) in [5.74, 6) is -3.96. The van der Waals surface area contributed by atoms with Gasteiger partial charge in [-0.15, -0.1) is 0 Å². The summed E-state index contributed by atoms with van der Waals surface area (Å²) in [6.07, 6.45) is 1.75. The van der Waals surface area contributed by atoms with Gasteiger partial charge >= 0.3 is 5.97 Å². The van der Waals surface area contributed by atoms with E-state index >= 15 is 0 Å². The molecule has 3 atom stereocenters. The fourth-order valence-electron chi connectivity index (χ4n) is 2.73. The van der Waals surface area contributed by atoms with Crippen LogP contribution in [0.25, 0.3) is 0 Å². The molecule has 5 N–H and O–H groups in total. The average molecular weight is 414 g/mol. The quantitative estimate of drug-likeness (QED) is 0.228. The first-order valence-corrected chi connectivity index (χ1v) is 10.1. The molecule has 0 aliphatic rings. The summed E-state index contributed by atoms with van der Waals surface area (Å²) >= 11 is 0. The molecule has 0 aliphatic heterocycles. The molecule has 0 rings (SSSR count). The topological polar surface area (TPSA) is 156 Å². The Kier molecular flexibility index (Phi) is 12.7. The van der Waals surface area contributed by atoms with Crippen molar-refractivity contribution >= 4 is 29.4 Å². The van der Waals surface area contributed by atoms with Crippen molar-refractivity contribution in [1.29, 1.82) is 0 Å². The number of ketones is 2. The molecule has 29 heavy (non-hydrogen) atoms. The van der Waals surface area contributed by atoms with Gasteiger partial charge in [-0.2, -0.15) is 0 Å². The summed E-state index contributed by atoms with van der Waals surface area (Å²) in [6, 6.07) is -1.81. The fraction of sp³-hybridized carbons (Fsp3) is 0.750. The lowest BCUT2D eigenvalue weighted by atomic mass is 9.98. The van der Waals surface area contributed by atoms with Gasteiger partial charge in [-0.1, -0.05) is 20.8 Å². The van der Waals surface area contributed by atoms with Crippen molar-refractivity contribution in [3.63, 3.8) is 0 Å². The van der Waals surface area contributed by atoms with Crippen LogP contribution in [0.2, 0.25) is 0 Å². The number of hydrogen-bond donors (Lipinski definition) is 4. The van der Waals surface area contributed by atoms with Crippen LogP contribution in [0, 0.1) is 11.8 Å². The number of carboxylic acid groups (broad SMARTS) is 1. The zero-order valence-electron chi connectivity index (χ0n) is 17.8. The van der Waals surface area contributed by atoms with Gasteiger partial charge in [-0.3, -0.25) is 24.0 Å². The summed E-state index contributed by atoms with van der Waals surface area (Å²) in [5, 5.41) is 13.8. The van der Waals surface area contributed by atoms with E-state index in [1.54, 1.807) is 6.92 Å². The molecule has 0 spiro atoms. The highest BCUT2D eigenvalue weighted by Gasteiger charge is 2.30. The predicted octanol–water partition coefficient (Wildman–Crippen LogP) is 0.790. The molecule has 0 aliphatic carbocycles. The Morgan fingerprint density at radius 1 is 0.931 bits per heavy atom. The van der Waals surface area contributed by atoms with E-state index in [1.165, 1.54) is 6.92 Å². The Morgan fingerprint density at radius 2 is 1.55 bits per heavy atom. The number of aliphatic carboxylic acids is 1. The summed E-state index contributed by atoms with van der Waals surface area (Å²) in [6.45, 7) is 7.13. The standard InChI is InChI=1S/C20H35N3O6/c1-12(2)11-16(14(4)24)23-20(29)18(27)15(7-5-6-10-21)22-19(28)13(3)8-9-17(25)26/h12-13,15-16H,5-11,21H2,1-4H3,(H,22,28)(H,23,29)(H,25,26). The van der Waals surface area contributed by atoms with Crippen molar-refractivity contribution < 1.29 is 29.1 Å². The molecule has 0 radical (unpaired) electrons. The smallest absolute Gasteiger partial charge is 0.303 e. The van der Waals surface area contributed by atoms with E-state index in [4.69, 9.17) is 10.8 Å². The van der Waals surface area contributed by atoms with Gasteiger partial charge in [0.1, 0.15) is 0 Å². The third kappa shape index (κ3) is 11.3. The van der Waals surface area contributed by atoms with Crippen molar-refractivity contribution in [3.8, 4) is 0 Å². The van der Waals surface area contributed by atoms with Crippen LogP contribution in [0.3, 0.4) is 0 Å². The minimum absolute atomic E-state index is 0.123. The highest BCUT2D eigenvalue weighted by molar-refractivity contribution is 6.38. The van der Waals surface area contributed by atoms with E-state index in [2.05, 4.69) is 10.6 Å². The van der Waals surface area contributed by atoms with Crippen LogP contribution in [0.1, 0.15) is 66.2 Å². The van der Waals surface area contributed by atoms with Crippen molar-refractivity contribution in [1.82, 2.24) is 10.6 Å². The zero-order valence-corrected chi connectivity index (χ0v) is 17.8. The summed E-state index contributed by atoms with van der Waals surface area (Å²) in [4.78, 5) is 59.8. The van der Waals surface area contributed by atoms with Crippen LogP contribution >= 0.6 is 0 Å². The van der Waals surface area contributed by atoms with Gasteiger partial charge in [-0.25, -0.2) is 0 Å². The Bertz CT molecular complexity index is 591. The molecule has 0 saturated carbocycles. The van der Waals surface area contributed by atoms with Gasteiger partial charge in [-0.05, 0) is 51.5 Å². The summed E-state index contributed by atoms with van der Waals surface area (Å²) in [7, 11) is 0. The second-order valence-electron chi connectivity index (χ2n) is 7.81. The molecular weight excluding hydrogens is 378 g/mol. The van der Waals surface area contributed by atoms with Crippen LogP contribution in [0.4, 0.5) is 0 Å². The minimum atomic E-state index is -1.05. The van der Waals surface area contributed by atoms with Crippen LogP contribution in [-0.4, -0.2) is 53.1 Å². The monoisotopic (exact) mass is 413 g/mol. The number of nitrogens with one attached hydrogen (secondary N) is 2. The Labute approximate surface area is 172 Å². The number of Topliss-reactive ketones (excluding diaryl/α,β-unsaturated/α-hetero) is 2. The number of carboxylic acids is 1. The lowest BCUT2D eigenvalue weighted by molar-refractivity contribution is -0.142. The summed E-state index contributed by atoms with van der Waals surface area (Å²) in [5.41, 5.74) is 5.47. The van der Waals surface area contributed by atoms with E-state index in [1.807, 2.05) is 13.8 Å². The first-order chi connectivity index (χ1) is 13.5. The van der Waals surface area contributed by atoms with Gasteiger partial charge in [0, 0.05) is 12.3 Å². The van der Waals surface area contributed by atoms with Gasteiger partial charge in [0.2, 0.25) is 11.7 Å². The maximum Gasteiger partial charge on any atom is 0.303 e. The van der Waals surface area contributed by atoms with Gasteiger partial charge in [0.05, 0.1) is 12.1 Å². The normalized spacial score (nSPS) is 14.0. The van der Waals surface area contributed by atoms with Crippen molar-refractivity contribution in [2.24, 2.45) is 17.6 Å². The SMILES string of the molecule is CC(=O)C(CC(C)C)NC(=O)C(=O)C(CCCCN)NC(=O)C(C)CCC(=O)O. The lowest BCUT2D eigenvalue weighted by Crippen LogP contribution is -2.52. The summed E-state index contributed by atoms with van der Waals surface area (Å²) < 4.78 is 0. The number of carbonyl (C=O) groups is 5. The number of hydrogen-bond acceptors (Lipinski definition) is 6. The zero-order chi connectivity index (χ0) is 22.6. The highest BCUT2D eigenvalue weighted by atomic mass is 16.4. The van der Waals surface area contributed by atoms with Crippen LogP contribution < -0.4 is 16.4 Å². The van der Waals surface area contributed by atoms with Crippen LogP contribution in [0.15, 0.2) is 0 Å². The van der Waals surface area contributed by atoms with Crippen LogP contribution in [-0.2, 0) is 24.0 Å². The van der Waals surface area contributed by atoms with E-state index in [0.29, 0.717) is 25.8 Å². The molecule has 166 valence electrons. The molecule has 0 aromatic rings. The number of amides is 2. The highest BCUT2D eigenvalue weighted by Crippen LogP contribution is 2.10. The van der Waals surface area contributed by atoms with E-state index < -0.39 is 41.6 Å². The predicted molar refractivity (Wildman–Crippen MR) is 108 cm³/mol. The molecule has 0 heterocycles. The Hall–Kier alpha value is -2.29. The van der Waals surface area contributed by atoms with E-state index in [-0.39, 0.29) is 31.0 Å². The molecule has 0 aromatic heterocycles. The average Bonchev–Trinajstić information content (AvgIpc) is 2.63. The molecule has 3 unspecified atom stereocenters. The number of rotatable bonds is 15. The second kappa shape index (κ2) is 13.8. The second-order valence-corrected chi connectivity index (χ2v) is 7.81. The molecule has 0 aromatic carbocycles. The van der Waals surface area contributed by atoms with Crippen LogP contribution in [0.5, 0.6) is 0 Å². The maximum absolute atomic E-state index is 12.6. The number of unbranched alkanes of at least 4 members (excludes halogenated alkanes) is 1. The molecule has 2 amide bonds. The van der Waals surface area contributed by atoms with Gasteiger partial charge < -0.3 is 21.5 Å². The molecule has 0 bridgehead atoms. The largest absolute Gasteiger partial charge is 0.481 e. The minimum Gasteiger partial charge on any atom is -0.481 e. The van der Waals surface area contributed by atoms with E-state index in [9.17, 15) is 24.0 Å².